The molecule has 2 rings (SSSR count). The molecule has 0 saturated heterocycles. The van der Waals surface area contributed by atoms with Gasteiger partial charge in [0.2, 0.25) is 0 Å². The van der Waals surface area contributed by atoms with Crippen molar-refractivity contribution in [2.75, 3.05) is 6.61 Å². The second-order valence-corrected chi connectivity index (χ2v) is 5.58. The third-order valence-corrected chi connectivity index (χ3v) is 3.91. The largest absolute Gasteiger partial charge is 0.484 e. The van der Waals surface area contributed by atoms with E-state index in [4.69, 9.17) is 27.9 Å². The second-order valence-electron chi connectivity index (χ2n) is 4.77. The number of aryl methyl sites for hydroxylation is 1. The maximum absolute atomic E-state index is 11.8. The summed E-state index contributed by atoms with van der Waals surface area (Å²) in [5.74, 6) is 0.461. The van der Waals surface area contributed by atoms with Gasteiger partial charge in [0.1, 0.15) is 5.75 Å². The van der Waals surface area contributed by atoms with Gasteiger partial charge >= 0.3 is 0 Å². The van der Waals surface area contributed by atoms with E-state index in [0.717, 1.165) is 6.42 Å². The van der Waals surface area contributed by atoms with E-state index in [1.807, 2.05) is 24.3 Å². The Morgan fingerprint density at radius 3 is 2.50 bits per heavy atom. The number of carbonyl (C=O) groups excluding carboxylic acids is 1. The molecule has 0 bridgehead atoms. The van der Waals surface area contributed by atoms with E-state index in [9.17, 15) is 4.79 Å². The highest BCUT2D eigenvalue weighted by atomic mass is 35.5. The molecule has 0 aromatic heterocycles. The van der Waals surface area contributed by atoms with Crippen LogP contribution >= 0.6 is 23.2 Å². The van der Waals surface area contributed by atoms with Crippen LogP contribution in [0.1, 0.15) is 18.1 Å². The Morgan fingerprint density at radius 1 is 1.14 bits per heavy atom. The summed E-state index contributed by atoms with van der Waals surface area (Å²) in [6, 6.07) is 12.9. The predicted octanol–water partition coefficient (Wildman–Crippen LogP) is 4.25. The molecule has 2 aromatic carbocycles. The van der Waals surface area contributed by atoms with Gasteiger partial charge < -0.3 is 10.1 Å². The second kappa shape index (κ2) is 8.06. The van der Waals surface area contributed by atoms with Crippen LogP contribution in [-0.2, 0) is 17.8 Å². The fraction of sp³-hybridized carbons (Fsp3) is 0.235. The Morgan fingerprint density at radius 2 is 1.82 bits per heavy atom. The molecule has 1 amide bonds. The van der Waals surface area contributed by atoms with Crippen molar-refractivity contribution < 1.29 is 9.53 Å². The highest BCUT2D eigenvalue weighted by molar-refractivity contribution is 6.36. The van der Waals surface area contributed by atoms with E-state index in [0.29, 0.717) is 21.4 Å². The van der Waals surface area contributed by atoms with Gasteiger partial charge in [0.05, 0.1) is 0 Å². The highest BCUT2D eigenvalue weighted by Gasteiger charge is 2.08. The van der Waals surface area contributed by atoms with Gasteiger partial charge in [0.25, 0.3) is 5.91 Å². The first kappa shape index (κ1) is 16.7. The summed E-state index contributed by atoms with van der Waals surface area (Å²) in [6.45, 7) is 2.30. The molecule has 3 nitrogen and oxygen atoms in total. The fourth-order valence-corrected chi connectivity index (χ4v) is 2.47. The molecule has 0 atom stereocenters. The Bertz CT molecular complexity index is 639. The fourth-order valence-electron chi connectivity index (χ4n) is 1.94. The summed E-state index contributed by atoms with van der Waals surface area (Å²) in [6.07, 6.45) is 0.925. The standard InChI is InChI=1S/C17H17Cl2NO2/c1-2-12-5-3-6-13(9-12)22-11-17(21)20-10-14-15(18)7-4-8-16(14)19/h3-9H,2,10-11H2,1H3,(H,20,21). The lowest BCUT2D eigenvalue weighted by Crippen LogP contribution is -2.28. The number of carbonyl (C=O) groups is 1. The predicted molar refractivity (Wildman–Crippen MR) is 89.6 cm³/mol. The zero-order valence-corrected chi connectivity index (χ0v) is 13.7. The van der Waals surface area contributed by atoms with Gasteiger partial charge in [0.15, 0.2) is 6.61 Å². The third kappa shape index (κ3) is 4.65. The van der Waals surface area contributed by atoms with Crippen LogP contribution in [0.25, 0.3) is 0 Å². The number of hydrogen-bond donors (Lipinski definition) is 1. The van der Waals surface area contributed by atoms with Gasteiger partial charge in [-0.2, -0.15) is 0 Å². The molecule has 0 saturated carbocycles. The van der Waals surface area contributed by atoms with Crippen LogP contribution in [0, 0.1) is 0 Å². The van der Waals surface area contributed by atoms with Crippen LogP contribution in [0.4, 0.5) is 0 Å². The minimum atomic E-state index is -0.224. The molecular formula is C17H17Cl2NO2. The van der Waals surface area contributed by atoms with Crippen molar-refractivity contribution in [3.63, 3.8) is 0 Å². The van der Waals surface area contributed by atoms with Gasteiger partial charge in [0, 0.05) is 22.2 Å². The highest BCUT2D eigenvalue weighted by Crippen LogP contribution is 2.23. The van der Waals surface area contributed by atoms with E-state index in [1.54, 1.807) is 18.2 Å². The smallest absolute Gasteiger partial charge is 0.258 e. The number of nitrogens with one attached hydrogen (secondary N) is 1. The lowest BCUT2D eigenvalue weighted by Gasteiger charge is -2.10. The molecule has 1 N–H and O–H groups in total. The molecule has 0 unspecified atom stereocenters. The molecule has 0 aliphatic carbocycles. The Hall–Kier alpha value is -1.71. The number of halogens is 2. The normalized spacial score (nSPS) is 10.3. The van der Waals surface area contributed by atoms with E-state index in [-0.39, 0.29) is 19.1 Å². The maximum atomic E-state index is 11.8. The summed E-state index contributed by atoms with van der Waals surface area (Å²) in [7, 11) is 0. The van der Waals surface area contributed by atoms with Crippen molar-refractivity contribution in [3.8, 4) is 5.75 Å². The molecule has 0 radical (unpaired) electrons. The van der Waals surface area contributed by atoms with Crippen LogP contribution in [0.15, 0.2) is 42.5 Å². The molecule has 2 aromatic rings. The van der Waals surface area contributed by atoms with Crippen molar-refractivity contribution in [1.29, 1.82) is 0 Å². The molecule has 0 aliphatic rings. The summed E-state index contributed by atoms with van der Waals surface area (Å²) in [5.41, 5.74) is 1.87. The lowest BCUT2D eigenvalue weighted by molar-refractivity contribution is -0.123. The molecule has 0 aliphatic heterocycles. The average Bonchev–Trinajstić information content (AvgIpc) is 2.52. The minimum absolute atomic E-state index is 0.0464. The van der Waals surface area contributed by atoms with Crippen molar-refractivity contribution in [1.82, 2.24) is 5.32 Å². The first-order valence-electron chi connectivity index (χ1n) is 7.01. The van der Waals surface area contributed by atoms with Crippen molar-refractivity contribution >= 4 is 29.1 Å². The number of rotatable bonds is 6. The SMILES string of the molecule is CCc1cccc(OCC(=O)NCc2c(Cl)cccc2Cl)c1. The summed E-state index contributed by atoms with van der Waals surface area (Å²) < 4.78 is 5.48. The van der Waals surface area contributed by atoms with Crippen molar-refractivity contribution in [2.24, 2.45) is 0 Å². The van der Waals surface area contributed by atoms with Gasteiger partial charge in [-0.05, 0) is 36.2 Å². The summed E-state index contributed by atoms with van der Waals surface area (Å²) in [5, 5.41) is 3.81. The quantitative estimate of drug-likeness (QED) is 0.855. The Kier molecular flexibility index (Phi) is 6.10. The van der Waals surface area contributed by atoms with Crippen LogP contribution in [-0.4, -0.2) is 12.5 Å². The first-order valence-corrected chi connectivity index (χ1v) is 7.77. The molecular weight excluding hydrogens is 321 g/mol. The number of ether oxygens (including phenoxy) is 1. The topological polar surface area (TPSA) is 38.3 Å². The van der Waals surface area contributed by atoms with Crippen LogP contribution in [0.2, 0.25) is 10.0 Å². The Labute approximate surface area is 140 Å². The number of amides is 1. The van der Waals surface area contributed by atoms with Crippen LogP contribution in [0.5, 0.6) is 5.75 Å². The van der Waals surface area contributed by atoms with E-state index >= 15 is 0 Å². The summed E-state index contributed by atoms with van der Waals surface area (Å²) >= 11 is 12.1. The average molecular weight is 338 g/mol. The zero-order chi connectivity index (χ0) is 15.9. The van der Waals surface area contributed by atoms with Crippen molar-refractivity contribution in [3.05, 3.63) is 63.6 Å². The lowest BCUT2D eigenvalue weighted by atomic mass is 10.2. The minimum Gasteiger partial charge on any atom is -0.484 e. The van der Waals surface area contributed by atoms with Crippen molar-refractivity contribution in [2.45, 2.75) is 19.9 Å². The third-order valence-electron chi connectivity index (χ3n) is 3.20. The van der Waals surface area contributed by atoms with Gasteiger partial charge in [-0.15, -0.1) is 0 Å². The van der Waals surface area contributed by atoms with E-state index in [2.05, 4.69) is 12.2 Å². The molecule has 0 spiro atoms. The molecule has 5 heteroatoms. The number of benzene rings is 2. The van der Waals surface area contributed by atoms with E-state index in [1.165, 1.54) is 5.56 Å². The zero-order valence-electron chi connectivity index (χ0n) is 12.2. The van der Waals surface area contributed by atoms with Gasteiger partial charge in [-0.3, -0.25) is 4.79 Å². The molecule has 22 heavy (non-hydrogen) atoms. The summed E-state index contributed by atoms with van der Waals surface area (Å²) in [4.78, 5) is 11.8. The van der Waals surface area contributed by atoms with E-state index < -0.39 is 0 Å². The Balaban J connectivity index is 1.85. The van der Waals surface area contributed by atoms with Gasteiger partial charge in [-0.1, -0.05) is 48.3 Å². The maximum Gasteiger partial charge on any atom is 0.258 e. The number of hydrogen-bond acceptors (Lipinski definition) is 2. The molecule has 116 valence electrons. The van der Waals surface area contributed by atoms with Crippen LogP contribution in [0.3, 0.4) is 0 Å². The first-order chi connectivity index (χ1) is 10.6. The monoisotopic (exact) mass is 337 g/mol. The van der Waals surface area contributed by atoms with Crippen LogP contribution < -0.4 is 10.1 Å². The molecule has 0 heterocycles. The van der Waals surface area contributed by atoms with Gasteiger partial charge in [-0.25, -0.2) is 0 Å². The molecule has 0 fully saturated rings.